The molecule has 0 unspecified atom stereocenters. The Morgan fingerprint density at radius 1 is 1.21 bits per heavy atom. The Bertz CT molecular complexity index is 1180. The number of amides is 1. The zero-order valence-electron chi connectivity index (χ0n) is 19.6. The van der Waals surface area contributed by atoms with Crippen LogP contribution in [0.4, 0.5) is 0 Å². The van der Waals surface area contributed by atoms with Crippen LogP contribution in [0.25, 0.3) is 5.76 Å². The molecule has 4 rings (SSSR count). The molecule has 34 heavy (non-hydrogen) atoms. The third kappa shape index (κ3) is 3.18. The van der Waals surface area contributed by atoms with Gasteiger partial charge in [0.25, 0.3) is 5.91 Å². The summed E-state index contributed by atoms with van der Waals surface area (Å²) < 4.78 is 0. The van der Waals surface area contributed by atoms with E-state index in [0.29, 0.717) is 18.8 Å². The predicted molar refractivity (Wildman–Crippen MR) is 123 cm³/mol. The average Bonchev–Trinajstić information content (AvgIpc) is 2.72. The van der Waals surface area contributed by atoms with Crippen molar-refractivity contribution in [2.75, 3.05) is 14.1 Å². The third-order valence-electron chi connectivity index (χ3n) is 7.33. The second-order valence-corrected chi connectivity index (χ2v) is 10.2. The van der Waals surface area contributed by atoms with E-state index in [4.69, 9.17) is 5.73 Å². The molecule has 4 atom stereocenters. The maximum Gasteiger partial charge on any atom is 0.255 e. The highest BCUT2D eigenvalue weighted by atomic mass is 16.3. The molecule has 0 aromatic heterocycles. The maximum absolute atomic E-state index is 13.7. The number of ketones is 2. The van der Waals surface area contributed by atoms with Crippen molar-refractivity contribution in [3.05, 3.63) is 45.7 Å². The molecule has 0 heterocycles. The first-order valence-corrected chi connectivity index (χ1v) is 11.3. The number of primary amides is 1. The number of rotatable bonds is 4. The molecule has 0 aliphatic heterocycles. The van der Waals surface area contributed by atoms with Crippen LogP contribution in [0.1, 0.15) is 37.0 Å². The SMILES string of the molecule is CC(C)Cc1ccc(O)c2c1C[C@@H]1C[C@@H]3[C@@H](N(C)C)C(=O)C(C(N)=O)=C(O)[C@]3(O)C(=O)C1=C2O. The number of hydrogen-bond acceptors (Lipinski definition) is 8. The molecule has 0 radical (unpaired) electrons. The number of fused-ring (bicyclic) bond motifs is 3. The molecule has 0 bridgehead atoms. The first-order chi connectivity index (χ1) is 15.8. The number of carbonyl (C=O) groups excluding carboxylic acids is 3. The maximum atomic E-state index is 13.7. The number of benzene rings is 1. The molecule has 1 aromatic carbocycles. The summed E-state index contributed by atoms with van der Waals surface area (Å²) in [6.45, 7) is 4.10. The number of aliphatic hydroxyl groups is 3. The highest BCUT2D eigenvalue weighted by Crippen LogP contribution is 2.53. The van der Waals surface area contributed by atoms with Gasteiger partial charge in [0.05, 0.1) is 11.6 Å². The van der Waals surface area contributed by atoms with E-state index in [-0.39, 0.29) is 23.3 Å². The molecule has 6 N–H and O–H groups in total. The fourth-order valence-electron chi connectivity index (χ4n) is 5.94. The second kappa shape index (κ2) is 7.95. The minimum absolute atomic E-state index is 0.0858. The predicted octanol–water partition coefficient (Wildman–Crippen LogP) is 1.16. The molecule has 0 saturated heterocycles. The first kappa shape index (κ1) is 24.0. The average molecular weight is 471 g/mol. The summed E-state index contributed by atoms with van der Waals surface area (Å²) in [7, 11) is 3.15. The fraction of sp³-hybridized carbons (Fsp3) is 0.480. The minimum Gasteiger partial charge on any atom is -0.508 e. The molecule has 1 saturated carbocycles. The van der Waals surface area contributed by atoms with E-state index >= 15 is 0 Å². The number of phenols is 1. The van der Waals surface area contributed by atoms with Crippen LogP contribution in [-0.2, 0) is 27.2 Å². The Morgan fingerprint density at radius 2 is 1.85 bits per heavy atom. The van der Waals surface area contributed by atoms with Gasteiger partial charge >= 0.3 is 0 Å². The highest BCUT2D eigenvalue weighted by molar-refractivity contribution is 6.24. The van der Waals surface area contributed by atoms with Crippen molar-refractivity contribution < 1.29 is 34.8 Å². The van der Waals surface area contributed by atoms with Gasteiger partial charge in [-0.1, -0.05) is 19.9 Å². The van der Waals surface area contributed by atoms with E-state index in [9.17, 15) is 34.8 Å². The number of nitrogens with zero attached hydrogens (tertiary/aromatic N) is 1. The number of Topliss-reactive ketones (excluding diaryl/α,β-unsaturated/α-hetero) is 2. The Morgan fingerprint density at radius 3 is 2.41 bits per heavy atom. The molecular formula is C25H30N2O7. The van der Waals surface area contributed by atoms with Crippen LogP contribution in [0.3, 0.4) is 0 Å². The minimum atomic E-state index is -2.62. The summed E-state index contributed by atoms with van der Waals surface area (Å²) in [5, 5.41) is 44.1. The van der Waals surface area contributed by atoms with Crippen molar-refractivity contribution >= 4 is 23.2 Å². The lowest BCUT2D eigenvalue weighted by Crippen LogP contribution is -2.65. The molecule has 3 aliphatic rings. The van der Waals surface area contributed by atoms with E-state index in [1.54, 1.807) is 20.2 Å². The van der Waals surface area contributed by atoms with Gasteiger partial charge in [0.1, 0.15) is 22.8 Å². The summed E-state index contributed by atoms with van der Waals surface area (Å²) in [5.41, 5.74) is 3.55. The van der Waals surface area contributed by atoms with Gasteiger partial charge in [-0.15, -0.1) is 0 Å². The van der Waals surface area contributed by atoms with Crippen molar-refractivity contribution in [1.82, 2.24) is 4.90 Å². The largest absolute Gasteiger partial charge is 0.508 e. The topological polar surface area (TPSA) is 161 Å². The summed E-state index contributed by atoms with van der Waals surface area (Å²) >= 11 is 0. The van der Waals surface area contributed by atoms with Gasteiger partial charge in [-0.2, -0.15) is 0 Å². The van der Waals surface area contributed by atoms with Crippen molar-refractivity contribution in [2.24, 2.45) is 23.5 Å². The van der Waals surface area contributed by atoms with Gasteiger partial charge < -0.3 is 26.2 Å². The summed E-state index contributed by atoms with van der Waals surface area (Å²) in [4.78, 5) is 40.3. The van der Waals surface area contributed by atoms with Crippen LogP contribution >= 0.6 is 0 Å². The lowest BCUT2D eigenvalue weighted by molar-refractivity contribution is -0.153. The van der Waals surface area contributed by atoms with Crippen molar-refractivity contribution in [1.29, 1.82) is 0 Å². The quantitative estimate of drug-likeness (QED) is 0.410. The van der Waals surface area contributed by atoms with E-state index in [0.717, 1.165) is 11.1 Å². The van der Waals surface area contributed by atoms with Gasteiger partial charge in [-0.05, 0) is 62.4 Å². The molecule has 1 amide bonds. The molecular weight excluding hydrogens is 440 g/mol. The third-order valence-corrected chi connectivity index (χ3v) is 7.33. The van der Waals surface area contributed by atoms with E-state index < -0.39 is 58.0 Å². The van der Waals surface area contributed by atoms with Gasteiger partial charge in [-0.3, -0.25) is 19.3 Å². The summed E-state index contributed by atoms with van der Waals surface area (Å²) in [6, 6.07) is 2.17. The molecule has 9 nitrogen and oxygen atoms in total. The Hall–Kier alpha value is -3.17. The molecule has 3 aliphatic carbocycles. The van der Waals surface area contributed by atoms with E-state index in [1.807, 2.05) is 13.8 Å². The smallest absolute Gasteiger partial charge is 0.255 e. The number of aliphatic hydroxyl groups excluding tert-OH is 2. The van der Waals surface area contributed by atoms with Crippen LogP contribution in [-0.4, -0.2) is 68.5 Å². The van der Waals surface area contributed by atoms with Crippen LogP contribution in [0, 0.1) is 17.8 Å². The number of phenolic OH excluding ortho intramolecular Hbond substituents is 1. The van der Waals surface area contributed by atoms with Gasteiger partial charge in [0, 0.05) is 11.5 Å². The van der Waals surface area contributed by atoms with Crippen LogP contribution in [0.2, 0.25) is 0 Å². The number of carbonyl (C=O) groups is 3. The molecule has 0 spiro atoms. The van der Waals surface area contributed by atoms with Crippen LogP contribution in [0.15, 0.2) is 29.0 Å². The lowest BCUT2D eigenvalue weighted by Gasteiger charge is -2.50. The number of hydrogen-bond donors (Lipinski definition) is 5. The molecule has 1 fully saturated rings. The van der Waals surface area contributed by atoms with Gasteiger partial charge in [0.15, 0.2) is 11.4 Å². The first-order valence-electron chi connectivity index (χ1n) is 11.3. The Labute approximate surface area is 197 Å². The molecule has 1 aromatic rings. The fourth-order valence-corrected chi connectivity index (χ4v) is 5.94. The zero-order chi connectivity index (χ0) is 25.3. The standard InChI is InChI=1S/C25H30N2O7/c1-10(2)7-11-5-6-15(28)17-13(11)8-12-9-14-19(27(3)4)21(30)18(24(26)33)23(32)25(14,34)22(31)16(12)20(17)29/h5-6,10,12,14,19,28-29,32,34H,7-9H2,1-4H3,(H2,26,33)/t12-,14-,19-,25-/m1/s1. The number of nitrogens with two attached hydrogens (primary N) is 1. The Kier molecular flexibility index (Phi) is 5.61. The van der Waals surface area contributed by atoms with Crippen molar-refractivity contribution in [3.63, 3.8) is 0 Å². The van der Waals surface area contributed by atoms with Crippen molar-refractivity contribution in [3.8, 4) is 5.75 Å². The van der Waals surface area contributed by atoms with Crippen molar-refractivity contribution in [2.45, 2.75) is 44.8 Å². The number of aromatic hydroxyl groups is 1. The van der Waals surface area contributed by atoms with Crippen LogP contribution in [0.5, 0.6) is 5.75 Å². The summed E-state index contributed by atoms with van der Waals surface area (Å²) in [6.07, 6.45) is 1.09. The molecule has 182 valence electrons. The van der Waals surface area contributed by atoms with Gasteiger partial charge in [0.2, 0.25) is 5.78 Å². The number of likely N-dealkylation sites (N-methyl/N-ethyl adjacent to an activating group) is 1. The highest BCUT2D eigenvalue weighted by Gasteiger charge is 2.64. The lowest BCUT2D eigenvalue weighted by atomic mass is 9.57. The normalized spacial score (nSPS) is 28.9. The van der Waals surface area contributed by atoms with E-state index in [1.165, 1.54) is 11.0 Å². The second-order valence-electron chi connectivity index (χ2n) is 10.2. The zero-order valence-corrected chi connectivity index (χ0v) is 19.6. The Balaban J connectivity index is 1.96. The van der Waals surface area contributed by atoms with Crippen LogP contribution < -0.4 is 5.73 Å². The monoisotopic (exact) mass is 470 g/mol. The van der Waals surface area contributed by atoms with E-state index in [2.05, 4.69) is 0 Å². The van der Waals surface area contributed by atoms with Gasteiger partial charge in [-0.25, -0.2) is 0 Å². The summed E-state index contributed by atoms with van der Waals surface area (Å²) in [5.74, 6) is -6.07. The molecule has 9 heteroatoms.